The third-order valence-electron chi connectivity index (χ3n) is 4.02. The Bertz CT molecular complexity index is 180. The fraction of sp³-hybridized carbons (Fsp3) is 1.00. The van der Waals surface area contributed by atoms with Crippen LogP contribution in [-0.2, 0) is 0 Å². The molecular weight excluding hydrogens is 188 g/mol. The van der Waals surface area contributed by atoms with E-state index < -0.39 is 0 Å². The van der Waals surface area contributed by atoms with Crippen LogP contribution in [0.3, 0.4) is 0 Å². The molecule has 2 fully saturated rings. The lowest BCUT2D eigenvalue weighted by Crippen LogP contribution is -2.40. The molecule has 15 heavy (non-hydrogen) atoms. The second-order valence-corrected chi connectivity index (χ2v) is 5.08. The molecular formula is C12H24N2O. The van der Waals surface area contributed by atoms with Crippen molar-refractivity contribution in [3.05, 3.63) is 0 Å². The molecule has 3 heteroatoms. The lowest BCUT2D eigenvalue weighted by Gasteiger charge is -2.26. The van der Waals surface area contributed by atoms with Crippen molar-refractivity contribution in [2.45, 2.75) is 38.1 Å². The van der Waals surface area contributed by atoms with E-state index in [1.807, 2.05) is 0 Å². The minimum Gasteiger partial charge on any atom is -0.396 e. The van der Waals surface area contributed by atoms with Crippen molar-refractivity contribution < 1.29 is 5.11 Å². The van der Waals surface area contributed by atoms with Crippen LogP contribution in [0.5, 0.6) is 0 Å². The molecule has 0 spiro atoms. The van der Waals surface area contributed by atoms with Crippen molar-refractivity contribution in [3.63, 3.8) is 0 Å². The van der Waals surface area contributed by atoms with E-state index in [1.54, 1.807) is 0 Å². The van der Waals surface area contributed by atoms with Crippen molar-refractivity contribution in [1.82, 2.24) is 10.6 Å². The standard InChI is InChI=1S/C12H24N2O/c15-9-11-2-1-3-12(11)14-8-10-4-6-13-7-5-10/h10-15H,1-9H2. The third kappa shape index (κ3) is 3.16. The number of rotatable bonds is 4. The van der Waals surface area contributed by atoms with Crippen LogP contribution in [0.1, 0.15) is 32.1 Å². The second kappa shape index (κ2) is 5.83. The summed E-state index contributed by atoms with van der Waals surface area (Å²) < 4.78 is 0. The Morgan fingerprint density at radius 2 is 1.93 bits per heavy atom. The fourth-order valence-electron chi connectivity index (χ4n) is 2.93. The molecule has 2 unspecified atom stereocenters. The predicted octanol–water partition coefficient (Wildman–Crippen LogP) is 0.737. The number of nitrogens with one attached hydrogen (secondary N) is 2. The molecule has 1 saturated carbocycles. The quantitative estimate of drug-likeness (QED) is 0.644. The van der Waals surface area contributed by atoms with Crippen molar-refractivity contribution >= 4 is 0 Å². The molecule has 0 aromatic rings. The van der Waals surface area contributed by atoms with E-state index in [-0.39, 0.29) is 0 Å². The number of hydrogen-bond donors (Lipinski definition) is 3. The van der Waals surface area contributed by atoms with Crippen molar-refractivity contribution in [2.24, 2.45) is 11.8 Å². The predicted molar refractivity (Wildman–Crippen MR) is 61.8 cm³/mol. The zero-order valence-corrected chi connectivity index (χ0v) is 9.54. The van der Waals surface area contributed by atoms with E-state index in [0.717, 1.165) is 12.5 Å². The van der Waals surface area contributed by atoms with Gasteiger partial charge in [0.2, 0.25) is 0 Å². The largest absolute Gasteiger partial charge is 0.396 e. The highest BCUT2D eigenvalue weighted by Gasteiger charge is 2.26. The summed E-state index contributed by atoms with van der Waals surface area (Å²) in [6, 6.07) is 0.588. The first kappa shape index (κ1) is 11.4. The molecule has 1 aliphatic heterocycles. The molecule has 0 bridgehead atoms. The summed E-state index contributed by atoms with van der Waals surface area (Å²) in [7, 11) is 0. The minimum absolute atomic E-state index is 0.365. The maximum atomic E-state index is 9.22. The maximum absolute atomic E-state index is 9.22. The van der Waals surface area contributed by atoms with Gasteiger partial charge >= 0.3 is 0 Å². The summed E-state index contributed by atoms with van der Waals surface area (Å²) in [6.07, 6.45) is 6.37. The molecule has 2 aliphatic rings. The Morgan fingerprint density at radius 1 is 1.13 bits per heavy atom. The van der Waals surface area contributed by atoms with E-state index in [9.17, 15) is 5.11 Å². The normalized spacial score (nSPS) is 33.4. The van der Waals surface area contributed by atoms with Crippen LogP contribution in [0.25, 0.3) is 0 Å². The Kier molecular flexibility index (Phi) is 4.42. The van der Waals surface area contributed by atoms with Gasteiger partial charge in [0.1, 0.15) is 0 Å². The van der Waals surface area contributed by atoms with Gasteiger partial charge in [-0.3, -0.25) is 0 Å². The van der Waals surface area contributed by atoms with Gasteiger partial charge in [0.25, 0.3) is 0 Å². The van der Waals surface area contributed by atoms with Crippen LogP contribution >= 0.6 is 0 Å². The molecule has 3 nitrogen and oxygen atoms in total. The summed E-state index contributed by atoms with van der Waals surface area (Å²) >= 11 is 0. The average Bonchev–Trinajstić information content (AvgIpc) is 2.75. The van der Waals surface area contributed by atoms with Crippen molar-refractivity contribution in [3.8, 4) is 0 Å². The molecule has 3 N–H and O–H groups in total. The first-order valence-electron chi connectivity index (χ1n) is 6.45. The van der Waals surface area contributed by atoms with Gasteiger partial charge in [0.15, 0.2) is 0 Å². The Labute approximate surface area is 92.6 Å². The smallest absolute Gasteiger partial charge is 0.0474 e. The van der Waals surface area contributed by atoms with E-state index in [0.29, 0.717) is 18.6 Å². The van der Waals surface area contributed by atoms with Gasteiger partial charge in [0, 0.05) is 12.6 Å². The number of hydrogen-bond acceptors (Lipinski definition) is 3. The van der Waals surface area contributed by atoms with Crippen LogP contribution in [-0.4, -0.2) is 37.4 Å². The molecule has 0 aromatic heterocycles. The Morgan fingerprint density at radius 3 is 2.67 bits per heavy atom. The van der Waals surface area contributed by atoms with Crippen molar-refractivity contribution in [2.75, 3.05) is 26.2 Å². The summed E-state index contributed by atoms with van der Waals surface area (Å²) in [5.41, 5.74) is 0. The molecule has 2 atom stereocenters. The monoisotopic (exact) mass is 212 g/mol. The lowest BCUT2D eigenvalue weighted by molar-refractivity contribution is 0.200. The van der Waals surface area contributed by atoms with Gasteiger partial charge in [-0.2, -0.15) is 0 Å². The summed E-state index contributed by atoms with van der Waals surface area (Å²) in [4.78, 5) is 0. The van der Waals surface area contributed by atoms with Crippen LogP contribution in [0.4, 0.5) is 0 Å². The van der Waals surface area contributed by atoms with E-state index >= 15 is 0 Å². The number of aliphatic hydroxyl groups excluding tert-OH is 1. The molecule has 88 valence electrons. The minimum atomic E-state index is 0.365. The van der Waals surface area contributed by atoms with Crippen LogP contribution in [0.2, 0.25) is 0 Å². The molecule has 1 saturated heterocycles. The van der Waals surface area contributed by atoms with Gasteiger partial charge in [0.05, 0.1) is 0 Å². The molecule has 0 radical (unpaired) electrons. The summed E-state index contributed by atoms with van der Waals surface area (Å²) in [5, 5.41) is 16.3. The summed E-state index contributed by atoms with van der Waals surface area (Å²) in [6.45, 7) is 3.88. The van der Waals surface area contributed by atoms with Crippen LogP contribution < -0.4 is 10.6 Å². The highest BCUT2D eigenvalue weighted by atomic mass is 16.3. The zero-order chi connectivity index (χ0) is 10.5. The average molecular weight is 212 g/mol. The molecule has 0 aromatic carbocycles. The van der Waals surface area contributed by atoms with Crippen molar-refractivity contribution in [1.29, 1.82) is 0 Å². The highest BCUT2D eigenvalue weighted by Crippen LogP contribution is 2.25. The second-order valence-electron chi connectivity index (χ2n) is 5.08. The van der Waals surface area contributed by atoms with E-state index in [4.69, 9.17) is 0 Å². The van der Waals surface area contributed by atoms with E-state index in [1.165, 1.54) is 45.2 Å². The van der Waals surface area contributed by atoms with Gasteiger partial charge in [-0.15, -0.1) is 0 Å². The Hall–Kier alpha value is -0.120. The Balaban J connectivity index is 1.67. The van der Waals surface area contributed by atoms with Gasteiger partial charge in [-0.25, -0.2) is 0 Å². The molecule has 1 heterocycles. The molecule has 2 rings (SSSR count). The SMILES string of the molecule is OCC1CCCC1NCC1CCNCC1. The lowest BCUT2D eigenvalue weighted by atomic mass is 9.97. The first-order valence-corrected chi connectivity index (χ1v) is 6.45. The molecule has 0 amide bonds. The summed E-state index contributed by atoms with van der Waals surface area (Å²) in [5.74, 6) is 1.37. The van der Waals surface area contributed by atoms with Gasteiger partial charge < -0.3 is 15.7 Å². The van der Waals surface area contributed by atoms with Gasteiger partial charge in [-0.1, -0.05) is 6.42 Å². The highest BCUT2D eigenvalue weighted by molar-refractivity contribution is 4.84. The number of piperidine rings is 1. The molecule has 1 aliphatic carbocycles. The zero-order valence-electron chi connectivity index (χ0n) is 9.54. The van der Waals surface area contributed by atoms with E-state index in [2.05, 4.69) is 10.6 Å². The fourth-order valence-corrected chi connectivity index (χ4v) is 2.93. The maximum Gasteiger partial charge on any atom is 0.0474 e. The topological polar surface area (TPSA) is 44.3 Å². The van der Waals surface area contributed by atoms with Crippen LogP contribution in [0, 0.1) is 11.8 Å². The third-order valence-corrected chi connectivity index (χ3v) is 4.02. The number of aliphatic hydroxyl groups is 1. The van der Waals surface area contributed by atoms with Gasteiger partial charge in [-0.05, 0) is 57.2 Å². The first-order chi connectivity index (χ1) is 7.40. The van der Waals surface area contributed by atoms with Crippen LogP contribution in [0.15, 0.2) is 0 Å².